The maximum Gasteiger partial charge on any atom is 0.319 e. The van der Waals surface area contributed by atoms with Crippen LogP contribution in [-0.2, 0) is 9.53 Å². The lowest BCUT2D eigenvalue weighted by atomic mass is 10.4. The van der Waals surface area contributed by atoms with E-state index in [0.29, 0.717) is 6.61 Å². The van der Waals surface area contributed by atoms with Crippen LogP contribution in [-0.4, -0.2) is 28.0 Å². The Labute approximate surface area is 77.3 Å². The van der Waals surface area contributed by atoms with Gasteiger partial charge in [0, 0.05) is 6.42 Å². The van der Waals surface area contributed by atoms with Gasteiger partial charge in [0.1, 0.15) is 10.8 Å². The molecule has 0 N–H and O–H groups in total. The van der Waals surface area contributed by atoms with E-state index in [0.717, 1.165) is 10.8 Å². The summed E-state index contributed by atoms with van der Waals surface area (Å²) >= 11 is 2.88. The Balaban J connectivity index is 1.99. The van der Waals surface area contributed by atoms with E-state index in [-0.39, 0.29) is 11.2 Å². The predicted molar refractivity (Wildman–Crippen MR) is 45.1 cm³/mol. The van der Waals surface area contributed by atoms with Gasteiger partial charge in [-0.1, -0.05) is 23.1 Å². The Morgan fingerprint density at radius 1 is 1.75 bits per heavy atom. The van der Waals surface area contributed by atoms with E-state index in [9.17, 15) is 4.79 Å². The van der Waals surface area contributed by atoms with Crippen molar-refractivity contribution in [1.29, 1.82) is 0 Å². The van der Waals surface area contributed by atoms with Crippen molar-refractivity contribution in [2.24, 2.45) is 0 Å². The molecule has 1 aromatic rings. The zero-order valence-corrected chi connectivity index (χ0v) is 7.73. The number of carbonyl (C=O) groups is 1. The Bertz CT molecular complexity index is 275. The van der Waals surface area contributed by atoms with E-state index in [1.807, 2.05) is 0 Å². The molecule has 0 spiro atoms. The maximum absolute atomic E-state index is 11.0. The Kier molecular flexibility index (Phi) is 2.27. The highest BCUT2D eigenvalue weighted by atomic mass is 32.2. The van der Waals surface area contributed by atoms with Crippen LogP contribution in [0.25, 0.3) is 0 Å². The summed E-state index contributed by atoms with van der Waals surface area (Å²) in [6.07, 6.45) is 0.781. The van der Waals surface area contributed by atoms with E-state index >= 15 is 0 Å². The third-order valence-corrected chi connectivity index (χ3v) is 3.53. The molecule has 1 fully saturated rings. The smallest absolute Gasteiger partial charge is 0.319 e. The third kappa shape index (κ3) is 1.59. The number of hydrogen-bond donors (Lipinski definition) is 0. The van der Waals surface area contributed by atoms with Crippen molar-refractivity contribution in [2.75, 3.05) is 6.61 Å². The van der Waals surface area contributed by atoms with E-state index < -0.39 is 0 Å². The third-order valence-electron chi connectivity index (χ3n) is 1.47. The summed E-state index contributed by atoms with van der Waals surface area (Å²) in [5.74, 6) is -0.129. The Morgan fingerprint density at radius 3 is 3.25 bits per heavy atom. The minimum atomic E-state index is -0.129. The molecule has 1 aliphatic rings. The number of rotatable bonds is 2. The molecule has 4 nitrogen and oxygen atoms in total. The minimum Gasteiger partial charge on any atom is -0.465 e. The molecule has 0 saturated carbocycles. The van der Waals surface area contributed by atoms with Crippen LogP contribution >= 0.6 is 23.1 Å². The highest BCUT2D eigenvalue weighted by Gasteiger charge is 2.28. The fourth-order valence-corrected chi connectivity index (χ4v) is 2.61. The average molecular weight is 202 g/mol. The molecule has 12 heavy (non-hydrogen) atoms. The van der Waals surface area contributed by atoms with Gasteiger partial charge < -0.3 is 4.74 Å². The van der Waals surface area contributed by atoms with E-state index in [1.165, 1.54) is 23.1 Å². The lowest BCUT2D eigenvalue weighted by molar-refractivity contribution is -0.137. The van der Waals surface area contributed by atoms with Crippen molar-refractivity contribution in [1.82, 2.24) is 10.2 Å². The van der Waals surface area contributed by atoms with Crippen LogP contribution in [0.3, 0.4) is 0 Å². The zero-order chi connectivity index (χ0) is 8.39. The molecule has 0 amide bonds. The van der Waals surface area contributed by atoms with Crippen LogP contribution in [0.4, 0.5) is 0 Å². The van der Waals surface area contributed by atoms with E-state index in [2.05, 4.69) is 10.2 Å². The van der Waals surface area contributed by atoms with Crippen molar-refractivity contribution in [2.45, 2.75) is 16.0 Å². The first-order chi connectivity index (χ1) is 5.86. The summed E-state index contributed by atoms with van der Waals surface area (Å²) in [5, 5.41) is 7.45. The van der Waals surface area contributed by atoms with Crippen LogP contribution in [0.1, 0.15) is 6.42 Å². The molecular formula is C6H6N2O2S2. The lowest BCUT2D eigenvalue weighted by Crippen LogP contribution is -2.08. The van der Waals surface area contributed by atoms with Gasteiger partial charge in [-0.15, -0.1) is 10.2 Å². The summed E-state index contributed by atoms with van der Waals surface area (Å²) in [6, 6.07) is 0. The molecule has 0 aromatic carbocycles. The number of hydrogen-bond acceptors (Lipinski definition) is 6. The molecule has 1 unspecified atom stereocenters. The van der Waals surface area contributed by atoms with Gasteiger partial charge in [0.2, 0.25) is 0 Å². The fourth-order valence-electron chi connectivity index (χ4n) is 0.920. The van der Waals surface area contributed by atoms with Gasteiger partial charge >= 0.3 is 5.97 Å². The van der Waals surface area contributed by atoms with Crippen molar-refractivity contribution >= 4 is 29.1 Å². The number of nitrogens with zero attached hydrogens (tertiary/aromatic N) is 2. The molecule has 6 heteroatoms. The van der Waals surface area contributed by atoms with Gasteiger partial charge in [0.05, 0.1) is 6.61 Å². The molecule has 2 heterocycles. The van der Waals surface area contributed by atoms with Gasteiger partial charge in [0.15, 0.2) is 4.34 Å². The highest BCUT2D eigenvalue weighted by Crippen LogP contribution is 2.29. The summed E-state index contributed by atoms with van der Waals surface area (Å²) in [4.78, 5) is 11.0. The largest absolute Gasteiger partial charge is 0.465 e. The van der Waals surface area contributed by atoms with Crippen molar-refractivity contribution in [3.05, 3.63) is 5.51 Å². The molecule has 0 aliphatic carbocycles. The lowest BCUT2D eigenvalue weighted by Gasteiger charge is -1.98. The summed E-state index contributed by atoms with van der Waals surface area (Å²) < 4.78 is 5.64. The Morgan fingerprint density at radius 2 is 2.67 bits per heavy atom. The molecular weight excluding hydrogens is 196 g/mol. The number of ether oxygens (including phenoxy) is 1. The molecule has 1 atom stereocenters. The van der Waals surface area contributed by atoms with Crippen LogP contribution < -0.4 is 0 Å². The second kappa shape index (κ2) is 3.40. The van der Waals surface area contributed by atoms with Crippen molar-refractivity contribution < 1.29 is 9.53 Å². The van der Waals surface area contributed by atoms with Gasteiger partial charge in [-0.2, -0.15) is 0 Å². The van der Waals surface area contributed by atoms with E-state index in [4.69, 9.17) is 4.74 Å². The normalized spacial score (nSPS) is 22.7. The standard InChI is InChI=1S/C6H6N2O2S2/c9-5-4(1-2-10-5)12-6-8-7-3-11-6/h3-4H,1-2H2. The first kappa shape index (κ1) is 8.00. The molecule has 1 saturated heterocycles. The molecule has 1 aliphatic heterocycles. The molecule has 0 radical (unpaired) electrons. The van der Waals surface area contributed by atoms with Gasteiger partial charge in [0.25, 0.3) is 0 Å². The topological polar surface area (TPSA) is 52.1 Å². The number of thioether (sulfide) groups is 1. The predicted octanol–water partition coefficient (Wildman–Crippen LogP) is 0.946. The highest BCUT2D eigenvalue weighted by molar-refractivity contribution is 8.02. The first-order valence-electron chi connectivity index (χ1n) is 3.46. The van der Waals surface area contributed by atoms with Crippen molar-refractivity contribution in [3.8, 4) is 0 Å². The Hall–Kier alpha value is -0.620. The summed E-state index contributed by atoms with van der Waals surface area (Å²) in [5.41, 5.74) is 1.66. The van der Waals surface area contributed by atoms with E-state index in [1.54, 1.807) is 5.51 Å². The summed E-state index contributed by atoms with van der Waals surface area (Å²) in [6.45, 7) is 0.537. The SMILES string of the molecule is O=C1OCCC1Sc1nncs1. The van der Waals surface area contributed by atoms with Gasteiger partial charge in [-0.25, -0.2) is 0 Å². The van der Waals surface area contributed by atoms with Crippen LogP contribution in [0.15, 0.2) is 9.85 Å². The summed E-state index contributed by atoms with van der Waals surface area (Å²) in [7, 11) is 0. The van der Waals surface area contributed by atoms with Crippen LogP contribution in [0, 0.1) is 0 Å². The monoisotopic (exact) mass is 202 g/mol. The quantitative estimate of drug-likeness (QED) is 0.668. The maximum atomic E-state index is 11.0. The minimum absolute atomic E-state index is 0.0713. The number of aromatic nitrogens is 2. The van der Waals surface area contributed by atoms with Gasteiger partial charge in [-0.3, -0.25) is 4.79 Å². The first-order valence-corrected chi connectivity index (χ1v) is 5.21. The fraction of sp³-hybridized carbons (Fsp3) is 0.500. The van der Waals surface area contributed by atoms with Crippen molar-refractivity contribution in [3.63, 3.8) is 0 Å². The second-order valence-corrected chi connectivity index (χ2v) is 4.55. The average Bonchev–Trinajstić information content (AvgIpc) is 2.65. The number of esters is 1. The molecule has 64 valence electrons. The van der Waals surface area contributed by atoms with Crippen LogP contribution in [0.2, 0.25) is 0 Å². The van der Waals surface area contributed by atoms with Gasteiger partial charge in [-0.05, 0) is 0 Å². The molecule has 2 rings (SSSR count). The number of carbonyl (C=O) groups excluding carboxylic acids is 1. The van der Waals surface area contributed by atoms with Crippen LogP contribution in [0.5, 0.6) is 0 Å². The second-order valence-electron chi connectivity index (χ2n) is 2.27. The number of cyclic esters (lactones) is 1. The zero-order valence-electron chi connectivity index (χ0n) is 6.10. The molecule has 1 aromatic heterocycles. The molecule has 0 bridgehead atoms.